The molecular weight excluding hydrogens is 484 g/mol. The molecule has 2 aromatic carbocycles. The number of aromatic nitrogens is 1. The number of aliphatic hydroxyl groups is 1. The lowest BCUT2D eigenvalue weighted by molar-refractivity contribution is 0.0418. The molecule has 5 rings (SSSR count). The van der Waals surface area contributed by atoms with Gasteiger partial charge in [-0.25, -0.2) is 13.8 Å². The highest BCUT2D eigenvalue weighted by Crippen LogP contribution is 2.37. The second-order valence-corrected chi connectivity index (χ2v) is 10.6. The number of rotatable bonds is 6. The van der Waals surface area contributed by atoms with Crippen LogP contribution in [0.15, 0.2) is 42.5 Å². The minimum absolute atomic E-state index is 0.0100. The maximum absolute atomic E-state index is 13.6. The van der Waals surface area contributed by atoms with Crippen LogP contribution >= 0.6 is 11.3 Å². The van der Waals surface area contributed by atoms with Gasteiger partial charge in [-0.15, -0.1) is 0 Å². The van der Waals surface area contributed by atoms with Crippen molar-refractivity contribution >= 4 is 39.4 Å². The summed E-state index contributed by atoms with van der Waals surface area (Å²) in [6.07, 6.45) is 3.72. The van der Waals surface area contributed by atoms with E-state index in [9.17, 15) is 18.7 Å². The number of anilines is 3. The van der Waals surface area contributed by atoms with Gasteiger partial charge in [0.05, 0.1) is 12.6 Å². The van der Waals surface area contributed by atoms with Gasteiger partial charge in [0, 0.05) is 49.3 Å². The highest BCUT2D eigenvalue weighted by molar-refractivity contribution is 7.18. The van der Waals surface area contributed by atoms with Gasteiger partial charge in [0.1, 0.15) is 29.0 Å². The molecule has 0 spiro atoms. The van der Waals surface area contributed by atoms with Gasteiger partial charge < -0.3 is 21.5 Å². The molecule has 2 atom stereocenters. The first-order chi connectivity index (χ1) is 17.4. The fourth-order valence-electron chi connectivity index (χ4n) is 5.53. The topological polar surface area (TPSA) is 100 Å². The van der Waals surface area contributed by atoms with E-state index in [1.165, 1.54) is 11.8 Å². The fourth-order valence-corrected chi connectivity index (χ4v) is 6.39. The van der Waals surface area contributed by atoms with Crippen molar-refractivity contribution in [2.45, 2.75) is 37.8 Å². The third-order valence-electron chi connectivity index (χ3n) is 7.31. The molecule has 0 amide bonds. The number of benzene rings is 2. The van der Waals surface area contributed by atoms with E-state index < -0.39 is 17.4 Å². The van der Waals surface area contributed by atoms with Crippen molar-refractivity contribution in [3.63, 3.8) is 0 Å². The number of nitrogens with zero attached hydrogens (tertiary/aromatic N) is 2. The summed E-state index contributed by atoms with van der Waals surface area (Å²) in [5.74, 6) is -2.58. The second kappa shape index (κ2) is 10.2. The van der Waals surface area contributed by atoms with Crippen LogP contribution < -0.4 is 20.9 Å². The monoisotopic (exact) mass is 514 g/mol. The van der Waals surface area contributed by atoms with Crippen LogP contribution in [0.4, 0.5) is 31.1 Å². The summed E-state index contributed by atoms with van der Waals surface area (Å²) in [4.78, 5) is 17.2. The zero-order valence-electron chi connectivity index (χ0n) is 19.8. The molecule has 0 radical (unpaired) electrons. The molecule has 2 unspecified atom stereocenters. The van der Waals surface area contributed by atoms with Crippen molar-refractivity contribution in [2.75, 3.05) is 37.2 Å². The molecular formula is C26H30F2N5O2S+. The quantitative estimate of drug-likeness (QED) is 0.291. The number of carbonyl (C=O) groups excluding carboxylic acids is 1. The predicted octanol–water partition coefficient (Wildman–Crippen LogP) is 4.19. The number of aliphatic hydroxyl groups excluding tert-OH is 1. The molecule has 0 saturated carbocycles. The third-order valence-corrected chi connectivity index (χ3v) is 8.30. The van der Waals surface area contributed by atoms with Crippen molar-refractivity contribution < 1.29 is 18.7 Å². The standard InChI is InChI=1S/C26H29F2N5O2S/c27-21-8-3-16(14-22(21)28)23(35)24-25(29)32-26(36-24)31-17-4-6-18(7-5-17)33(13-1-2-20(34)15-33)19-9-11-30-12-10-19/h3-8,14,19-20,30,34H,1-2,9-13,15H2,(H2-,29,31,32,35)/p+1. The first-order valence-electron chi connectivity index (χ1n) is 12.2. The van der Waals surface area contributed by atoms with E-state index in [2.05, 4.69) is 27.8 Å². The van der Waals surface area contributed by atoms with Gasteiger partial charge >= 0.3 is 0 Å². The molecule has 7 nitrogen and oxygen atoms in total. The molecule has 2 fully saturated rings. The summed E-state index contributed by atoms with van der Waals surface area (Å²) >= 11 is 1.06. The van der Waals surface area contributed by atoms with Gasteiger partial charge in [-0.3, -0.25) is 9.28 Å². The summed E-state index contributed by atoms with van der Waals surface area (Å²) in [5, 5.41) is 17.6. The van der Waals surface area contributed by atoms with Gasteiger partial charge in [-0.1, -0.05) is 11.3 Å². The van der Waals surface area contributed by atoms with Crippen LogP contribution in [0.1, 0.15) is 40.9 Å². The van der Waals surface area contributed by atoms with Gasteiger partial charge in [-0.2, -0.15) is 0 Å². The molecule has 0 aliphatic carbocycles. The van der Waals surface area contributed by atoms with E-state index in [0.717, 1.165) is 85.5 Å². The molecule has 2 aliphatic rings. The highest BCUT2D eigenvalue weighted by Gasteiger charge is 2.43. The number of carbonyl (C=O) groups is 1. The maximum atomic E-state index is 13.6. The number of nitrogens with two attached hydrogens (primary N) is 1. The van der Waals surface area contributed by atoms with E-state index >= 15 is 0 Å². The Bertz CT molecular complexity index is 1250. The lowest BCUT2D eigenvalue weighted by Gasteiger charge is -2.49. The fraction of sp³-hybridized carbons (Fsp3) is 0.385. The Kier molecular flexibility index (Phi) is 7.03. The molecule has 36 heavy (non-hydrogen) atoms. The van der Waals surface area contributed by atoms with Crippen LogP contribution in [-0.2, 0) is 0 Å². The van der Waals surface area contributed by atoms with Crippen LogP contribution in [0, 0.1) is 11.6 Å². The van der Waals surface area contributed by atoms with Crippen molar-refractivity contribution in [3.05, 3.63) is 64.5 Å². The summed E-state index contributed by atoms with van der Waals surface area (Å²) in [6, 6.07) is 11.6. The molecule has 10 heteroatoms. The largest absolute Gasteiger partial charge is 0.387 e. The summed E-state index contributed by atoms with van der Waals surface area (Å²) in [6.45, 7) is 3.75. The maximum Gasteiger partial charge on any atom is 0.206 e. The van der Waals surface area contributed by atoms with E-state index in [1.807, 2.05) is 12.1 Å². The van der Waals surface area contributed by atoms with Crippen LogP contribution in [0.2, 0.25) is 0 Å². The van der Waals surface area contributed by atoms with E-state index in [0.29, 0.717) is 11.2 Å². The number of halogens is 2. The number of thiazole rings is 1. The molecule has 2 aliphatic heterocycles. The average molecular weight is 515 g/mol. The van der Waals surface area contributed by atoms with Crippen molar-refractivity contribution in [3.8, 4) is 0 Å². The Morgan fingerprint density at radius 2 is 1.86 bits per heavy atom. The first-order valence-corrected chi connectivity index (χ1v) is 13.1. The zero-order valence-corrected chi connectivity index (χ0v) is 20.7. The molecule has 1 aromatic heterocycles. The lowest BCUT2D eigenvalue weighted by Crippen LogP contribution is -2.64. The summed E-state index contributed by atoms with van der Waals surface area (Å²) in [7, 11) is 0. The third kappa shape index (κ3) is 4.86. The van der Waals surface area contributed by atoms with E-state index in [-0.39, 0.29) is 22.4 Å². The Morgan fingerprint density at radius 1 is 1.11 bits per heavy atom. The van der Waals surface area contributed by atoms with Crippen molar-refractivity contribution in [1.29, 1.82) is 0 Å². The second-order valence-electron chi connectivity index (χ2n) is 9.58. The van der Waals surface area contributed by atoms with Gasteiger partial charge in [0.15, 0.2) is 16.8 Å². The molecule has 190 valence electrons. The number of ketones is 1. The summed E-state index contributed by atoms with van der Waals surface area (Å²) in [5.41, 5.74) is 7.97. The first kappa shape index (κ1) is 24.8. The zero-order chi connectivity index (χ0) is 25.3. The number of piperidine rings is 2. The van der Waals surface area contributed by atoms with E-state index in [1.54, 1.807) is 0 Å². The molecule has 0 bridgehead atoms. The Balaban J connectivity index is 1.35. The Labute approximate surface area is 212 Å². The van der Waals surface area contributed by atoms with Crippen LogP contribution in [0.25, 0.3) is 0 Å². The van der Waals surface area contributed by atoms with E-state index in [4.69, 9.17) is 5.73 Å². The van der Waals surface area contributed by atoms with Gasteiger partial charge in [0.2, 0.25) is 5.78 Å². The molecule has 3 heterocycles. The van der Waals surface area contributed by atoms with Crippen molar-refractivity contribution in [2.24, 2.45) is 0 Å². The number of nitrogens with one attached hydrogen (secondary N) is 2. The highest BCUT2D eigenvalue weighted by atomic mass is 32.1. The number of nitrogen functional groups attached to an aromatic ring is 1. The van der Waals surface area contributed by atoms with Crippen molar-refractivity contribution in [1.82, 2.24) is 14.8 Å². The number of quaternary nitrogens is 1. The number of likely N-dealkylation sites (tertiary alicyclic amines) is 1. The normalized spacial score (nSPS) is 22.9. The molecule has 5 N–H and O–H groups in total. The average Bonchev–Trinajstić information content (AvgIpc) is 3.25. The predicted molar refractivity (Wildman–Crippen MR) is 139 cm³/mol. The molecule has 3 aromatic rings. The minimum Gasteiger partial charge on any atom is -0.387 e. The smallest absolute Gasteiger partial charge is 0.206 e. The summed E-state index contributed by atoms with van der Waals surface area (Å²) < 4.78 is 27.6. The van der Waals surface area contributed by atoms with Gasteiger partial charge in [0.25, 0.3) is 0 Å². The number of hydrogen-bond acceptors (Lipinski definition) is 7. The van der Waals surface area contributed by atoms with Crippen LogP contribution in [0.3, 0.4) is 0 Å². The van der Waals surface area contributed by atoms with Crippen LogP contribution in [-0.4, -0.2) is 54.2 Å². The Morgan fingerprint density at radius 3 is 2.56 bits per heavy atom. The van der Waals surface area contributed by atoms with Gasteiger partial charge in [-0.05, 0) is 43.2 Å². The number of hydrogen-bond donors (Lipinski definition) is 4. The molecule has 2 saturated heterocycles. The minimum atomic E-state index is -1.09. The Hall–Kier alpha value is -2.92. The lowest BCUT2D eigenvalue weighted by atomic mass is 9.94. The van der Waals surface area contributed by atoms with Crippen LogP contribution in [0.5, 0.6) is 0 Å². The SMILES string of the molecule is Nc1nc(Nc2ccc([N+]3(C4CCNCC4)CCCC(O)C3)cc2)sc1C(=O)c1ccc(F)c(F)c1.